The molecule has 1 amide bonds. The van der Waals surface area contributed by atoms with Crippen molar-refractivity contribution in [3.8, 4) is 0 Å². The maximum atomic E-state index is 12.4. The summed E-state index contributed by atoms with van der Waals surface area (Å²) in [7, 11) is 0. The van der Waals surface area contributed by atoms with Crippen molar-refractivity contribution in [2.75, 3.05) is 13.1 Å². The van der Waals surface area contributed by atoms with E-state index < -0.39 is 0 Å². The highest BCUT2D eigenvalue weighted by Gasteiger charge is 2.35. The van der Waals surface area contributed by atoms with Gasteiger partial charge >= 0.3 is 0 Å². The van der Waals surface area contributed by atoms with Gasteiger partial charge in [-0.05, 0) is 44.4 Å². The van der Waals surface area contributed by atoms with Gasteiger partial charge in [0.25, 0.3) is 0 Å². The van der Waals surface area contributed by atoms with E-state index in [-0.39, 0.29) is 12.1 Å². The van der Waals surface area contributed by atoms with E-state index in [1.165, 1.54) is 5.69 Å². The molecule has 3 rings (SSSR count). The Morgan fingerprint density at radius 1 is 1.35 bits per heavy atom. The van der Waals surface area contributed by atoms with Crippen molar-refractivity contribution in [3.05, 3.63) is 24.0 Å². The van der Waals surface area contributed by atoms with Crippen LogP contribution in [0.5, 0.6) is 0 Å². The van der Waals surface area contributed by atoms with Crippen LogP contribution in [0, 0.1) is 0 Å². The monoisotopic (exact) mass is 233 g/mol. The van der Waals surface area contributed by atoms with E-state index in [0.717, 1.165) is 38.8 Å². The first kappa shape index (κ1) is 10.8. The molecular formula is C13H19N3O. The summed E-state index contributed by atoms with van der Waals surface area (Å²) in [6.07, 6.45) is 6.25. The quantitative estimate of drug-likeness (QED) is 0.812. The summed E-state index contributed by atoms with van der Waals surface area (Å²) in [5.74, 6) is 0.291. The fraction of sp³-hybridized carbons (Fsp3) is 0.615. The summed E-state index contributed by atoms with van der Waals surface area (Å²) < 4.78 is 0. The van der Waals surface area contributed by atoms with Crippen LogP contribution >= 0.6 is 0 Å². The maximum absolute atomic E-state index is 12.4. The van der Waals surface area contributed by atoms with E-state index in [2.05, 4.69) is 21.3 Å². The van der Waals surface area contributed by atoms with Crippen molar-refractivity contribution < 1.29 is 4.79 Å². The van der Waals surface area contributed by atoms with Gasteiger partial charge in [0.05, 0.1) is 12.1 Å². The number of carbonyl (C=O) groups excluding carboxylic acids is 1. The number of hydrogen-bond acceptors (Lipinski definition) is 2. The van der Waals surface area contributed by atoms with Crippen molar-refractivity contribution in [1.82, 2.24) is 15.2 Å². The lowest BCUT2D eigenvalue weighted by molar-refractivity contribution is -0.134. The lowest BCUT2D eigenvalue weighted by atomic mass is 10.1. The minimum absolute atomic E-state index is 0.0607. The van der Waals surface area contributed by atoms with Gasteiger partial charge in [-0.3, -0.25) is 4.79 Å². The topological polar surface area (TPSA) is 48.1 Å². The second-order valence-corrected chi connectivity index (χ2v) is 4.96. The Morgan fingerprint density at radius 2 is 2.29 bits per heavy atom. The molecule has 0 saturated carbocycles. The second kappa shape index (κ2) is 4.53. The normalized spacial score (nSPS) is 28.8. The SMILES string of the molecule is O=C([C@H]1CCCN1)N1CCCC1c1ccc[nH]1. The minimum Gasteiger partial charge on any atom is -0.363 e. The number of amides is 1. The van der Waals surface area contributed by atoms with Gasteiger partial charge in [-0.1, -0.05) is 0 Å². The molecular weight excluding hydrogens is 214 g/mol. The van der Waals surface area contributed by atoms with Crippen molar-refractivity contribution in [3.63, 3.8) is 0 Å². The first-order valence-electron chi connectivity index (χ1n) is 6.53. The van der Waals surface area contributed by atoms with Crippen molar-refractivity contribution in [1.29, 1.82) is 0 Å². The Morgan fingerprint density at radius 3 is 3.00 bits per heavy atom. The number of aromatic nitrogens is 1. The molecule has 92 valence electrons. The third kappa shape index (κ3) is 1.97. The molecule has 3 heterocycles. The Balaban J connectivity index is 1.75. The standard InChI is InChI=1S/C13H19N3O/c17-13(11-5-2-8-15-11)16-9-3-6-12(16)10-4-1-7-14-10/h1,4,7,11-12,14-15H,2-3,5-6,8-9H2/t11-,12?/m1/s1. The van der Waals surface area contributed by atoms with Crippen LogP contribution in [0.3, 0.4) is 0 Å². The molecule has 17 heavy (non-hydrogen) atoms. The fourth-order valence-corrected chi connectivity index (χ4v) is 3.00. The molecule has 4 heteroatoms. The van der Waals surface area contributed by atoms with Gasteiger partial charge in [-0.2, -0.15) is 0 Å². The summed E-state index contributed by atoms with van der Waals surface area (Å²) in [5.41, 5.74) is 1.17. The second-order valence-electron chi connectivity index (χ2n) is 4.96. The number of hydrogen-bond donors (Lipinski definition) is 2. The lowest BCUT2D eigenvalue weighted by Gasteiger charge is -2.26. The van der Waals surface area contributed by atoms with Crippen LogP contribution in [-0.2, 0) is 4.79 Å². The summed E-state index contributed by atoms with van der Waals surface area (Å²) in [6, 6.07) is 4.41. The van der Waals surface area contributed by atoms with E-state index in [4.69, 9.17) is 0 Å². The Kier molecular flexibility index (Phi) is 2.89. The van der Waals surface area contributed by atoms with E-state index in [0.29, 0.717) is 5.91 Å². The average Bonchev–Trinajstić information content (AvgIpc) is 3.09. The minimum atomic E-state index is 0.0607. The predicted molar refractivity (Wildman–Crippen MR) is 65.5 cm³/mol. The third-order valence-electron chi connectivity index (χ3n) is 3.88. The molecule has 0 radical (unpaired) electrons. The third-order valence-corrected chi connectivity index (χ3v) is 3.88. The molecule has 2 aliphatic rings. The molecule has 0 aliphatic carbocycles. The lowest BCUT2D eigenvalue weighted by Crippen LogP contribution is -2.43. The number of likely N-dealkylation sites (tertiary alicyclic amines) is 1. The van der Waals surface area contributed by atoms with Gasteiger partial charge in [-0.15, -0.1) is 0 Å². The molecule has 2 fully saturated rings. The van der Waals surface area contributed by atoms with E-state index in [9.17, 15) is 4.79 Å². The van der Waals surface area contributed by atoms with Crippen molar-refractivity contribution in [2.24, 2.45) is 0 Å². The van der Waals surface area contributed by atoms with Crippen molar-refractivity contribution in [2.45, 2.75) is 37.8 Å². The van der Waals surface area contributed by atoms with Gasteiger partial charge in [0.15, 0.2) is 0 Å². The Hall–Kier alpha value is -1.29. The van der Waals surface area contributed by atoms with Gasteiger partial charge in [0, 0.05) is 18.4 Å². The van der Waals surface area contributed by atoms with E-state index in [1.807, 2.05) is 12.3 Å². The smallest absolute Gasteiger partial charge is 0.240 e. The van der Waals surface area contributed by atoms with Gasteiger partial charge in [-0.25, -0.2) is 0 Å². The molecule has 2 N–H and O–H groups in total. The number of H-pyrrole nitrogens is 1. The van der Waals surface area contributed by atoms with Crippen molar-refractivity contribution >= 4 is 5.91 Å². The number of nitrogens with zero attached hydrogens (tertiary/aromatic N) is 1. The van der Waals surface area contributed by atoms with Gasteiger partial charge in [0.1, 0.15) is 0 Å². The molecule has 1 aromatic rings. The zero-order valence-corrected chi connectivity index (χ0v) is 9.98. The first-order chi connectivity index (χ1) is 8.36. The maximum Gasteiger partial charge on any atom is 0.240 e. The molecule has 0 aromatic carbocycles. The molecule has 0 bridgehead atoms. The first-order valence-corrected chi connectivity index (χ1v) is 6.53. The largest absolute Gasteiger partial charge is 0.363 e. The summed E-state index contributed by atoms with van der Waals surface area (Å²) in [6.45, 7) is 1.89. The van der Waals surface area contributed by atoms with Crippen LogP contribution in [-0.4, -0.2) is 34.9 Å². The Bertz CT molecular complexity index is 381. The number of carbonyl (C=O) groups is 1. The number of rotatable bonds is 2. The molecule has 0 spiro atoms. The van der Waals surface area contributed by atoms with Crippen LogP contribution < -0.4 is 5.32 Å². The van der Waals surface area contributed by atoms with Crippen LogP contribution in [0.1, 0.15) is 37.4 Å². The summed E-state index contributed by atoms with van der Waals surface area (Å²) >= 11 is 0. The molecule has 2 saturated heterocycles. The highest BCUT2D eigenvalue weighted by atomic mass is 16.2. The number of nitrogens with one attached hydrogen (secondary N) is 2. The number of aromatic amines is 1. The zero-order chi connectivity index (χ0) is 11.7. The van der Waals surface area contributed by atoms with Gasteiger partial charge in [0.2, 0.25) is 5.91 Å². The van der Waals surface area contributed by atoms with Crippen LogP contribution in [0.2, 0.25) is 0 Å². The van der Waals surface area contributed by atoms with Crippen LogP contribution in [0.25, 0.3) is 0 Å². The fourth-order valence-electron chi connectivity index (χ4n) is 3.00. The van der Waals surface area contributed by atoms with E-state index in [1.54, 1.807) is 0 Å². The molecule has 2 aliphatic heterocycles. The highest BCUT2D eigenvalue weighted by Crippen LogP contribution is 2.31. The highest BCUT2D eigenvalue weighted by molar-refractivity contribution is 5.82. The average molecular weight is 233 g/mol. The molecule has 4 nitrogen and oxygen atoms in total. The van der Waals surface area contributed by atoms with Crippen LogP contribution in [0.15, 0.2) is 18.3 Å². The van der Waals surface area contributed by atoms with Gasteiger partial charge < -0.3 is 15.2 Å². The molecule has 1 aromatic heterocycles. The summed E-state index contributed by atoms with van der Waals surface area (Å²) in [4.78, 5) is 17.7. The summed E-state index contributed by atoms with van der Waals surface area (Å²) in [5, 5.41) is 3.30. The Labute approximate surface area is 101 Å². The van der Waals surface area contributed by atoms with E-state index >= 15 is 0 Å². The van der Waals surface area contributed by atoms with Crippen LogP contribution in [0.4, 0.5) is 0 Å². The molecule has 2 atom stereocenters. The molecule has 1 unspecified atom stereocenters. The zero-order valence-electron chi connectivity index (χ0n) is 9.98. The predicted octanol–water partition coefficient (Wildman–Crippen LogP) is 1.43.